The summed E-state index contributed by atoms with van der Waals surface area (Å²) in [6, 6.07) is 3.83. The second-order valence-electron chi connectivity index (χ2n) is 3.90. The van der Waals surface area contributed by atoms with Gasteiger partial charge in [-0.05, 0) is 37.5 Å². The molecule has 0 atom stereocenters. The monoisotopic (exact) mass is 207 g/mol. The number of hydrogen-bond acceptors (Lipinski definition) is 2. The first-order valence-corrected chi connectivity index (χ1v) is 5.18. The Morgan fingerprint density at radius 2 is 2.21 bits per heavy atom. The van der Waals surface area contributed by atoms with Crippen LogP contribution in [0.4, 0.5) is 0 Å². The lowest BCUT2D eigenvalue weighted by Crippen LogP contribution is -1.76. The molecule has 2 nitrogen and oxygen atoms in total. The van der Waals surface area contributed by atoms with Gasteiger partial charge in [-0.1, -0.05) is 11.6 Å². The number of halogens is 1. The summed E-state index contributed by atoms with van der Waals surface area (Å²) in [4.78, 5) is 4.43. The molecule has 72 valence electrons. The zero-order chi connectivity index (χ0) is 9.71. The van der Waals surface area contributed by atoms with Crippen molar-refractivity contribution >= 4 is 22.7 Å². The summed E-state index contributed by atoms with van der Waals surface area (Å²) in [6.45, 7) is 1.97. The van der Waals surface area contributed by atoms with Crippen molar-refractivity contribution in [3.63, 3.8) is 0 Å². The Bertz CT molecular complexity index is 460. The van der Waals surface area contributed by atoms with Crippen molar-refractivity contribution in [1.29, 1.82) is 0 Å². The molecule has 0 aliphatic heterocycles. The largest absolute Gasteiger partial charge is 0.440 e. The van der Waals surface area contributed by atoms with E-state index in [1.807, 2.05) is 19.1 Å². The predicted octanol–water partition coefficient (Wildman–Crippen LogP) is 3.67. The maximum absolute atomic E-state index is 6.01. The Morgan fingerprint density at radius 3 is 2.93 bits per heavy atom. The highest BCUT2D eigenvalue weighted by molar-refractivity contribution is 6.32. The van der Waals surface area contributed by atoms with E-state index in [1.165, 1.54) is 12.8 Å². The fraction of sp³-hybridized carbons (Fsp3) is 0.364. The highest BCUT2D eigenvalue weighted by atomic mass is 35.5. The van der Waals surface area contributed by atoms with Gasteiger partial charge in [-0.15, -0.1) is 0 Å². The molecular formula is C11H10ClNO. The van der Waals surface area contributed by atoms with Gasteiger partial charge in [0.1, 0.15) is 5.52 Å². The quantitative estimate of drug-likeness (QED) is 0.713. The Balaban J connectivity index is 2.22. The predicted molar refractivity (Wildman–Crippen MR) is 55.7 cm³/mol. The van der Waals surface area contributed by atoms with Gasteiger partial charge >= 0.3 is 0 Å². The first-order chi connectivity index (χ1) is 6.74. The molecule has 1 heterocycles. The van der Waals surface area contributed by atoms with Crippen LogP contribution in [0.3, 0.4) is 0 Å². The first-order valence-electron chi connectivity index (χ1n) is 4.80. The standard InChI is InChI=1S/C11H10ClNO/c1-6-4-10-9(5-8(6)12)13-11(14-10)7-2-3-7/h4-5,7H,2-3H2,1H3. The van der Waals surface area contributed by atoms with Crippen LogP contribution in [0.5, 0.6) is 0 Å². The van der Waals surface area contributed by atoms with Crippen molar-refractivity contribution in [3.05, 3.63) is 28.6 Å². The lowest BCUT2D eigenvalue weighted by molar-refractivity contribution is 0.533. The number of oxazole rings is 1. The molecule has 0 bridgehead atoms. The average molecular weight is 208 g/mol. The molecule has 1 aromatic carbocycles. The highest BCUT2D eigenvalue weighted by Crippen LogP contribution is 2.40. The van der Waals surface area contributed by atoms with Crippen LogP contribution in [0.25, 0.3) is 11.1 Å². The molecule has 1 aromatic heterocycles. The van der Waals surface area contributed by atoms with Gasteiger partial charge < -0.3 is 4.42 Å². The zero-order valence-corrected chi connectivity index (χ0v) is 8.64. The lowest BCUT2D eigenvalue weighted by atomic mass is 10.2. The van der Waals surface area contributed by atoms with Gasteiger partial charge in [-0.2, -0.15) is 0 Å². The van der Waals surface area contributed by atoms with Crippen LogP contribution in [0.1, 0.15) is 30.2 Å². The van der Waals surface area contributed by atoms with Crippen molar-refractivity contribution < 1.29 is 4.42 Å². The summed E-state index contributed by atoms with van der Waals surface area (Å²) in [5.74, 6) is 1.43. The minimum absolute atomic E-state index is 0.557. The number of fused-ring (bicyclic) bond motifs is 1. The van der Waals surface area contributed by atoms with Crippen molar-refractivity contribution in [3.8, 4) is 0 Å². The van der Waals surface area contributed by atoms with E-state index in [9.17, 15) is 0 Å². The summed E-state index contributed by atoms with van der Waals surface area (Å²) in [6.07, 6.45) is 2.42. The number of nitrogens with zero attached hydrogens (tertiary/aromatic N) is 1. The summed E-state index contributed by atoms with van der Waals surface area (Å²) in [7, 11) is 0. The normalized spacial score (nSPS) is 16.4. The van der Waals surface area contributed by atoms with Crippen LogP contribution >= 0.6 is 11.6 Å². The number of hydrogen-bond donors (Lipinski definition) is 0. The molecule has 3 heteroatoms. The molecule has 3 rings (SSSR count). The lowest BCUT2D eigenvalue weighted by Gasteiger charge is -1.94. The average Bonchev–Trinajstić information content (AvgIpc) is 2.90. The van der Waals surface area contributed by atoms with Crippen LogP contribution in [-0.2, 0) is 0 Å². The SMILES string of the molecule is Cc1cc2oc(C3CC3)nc2cc1Cl. The molecule has 0 radical (unpaired) electrons. The number of aryl methyl sites for hydroxylation is 1. The van der Waals surface area contributed by atoms with E-state index < -0.39 is 0 Å². The third-order valence-corrected chi connectivity index (χ3v) is 3.02. The fourth-order valence-electron chi connectivity index (χ4n) is 1.57. The maximum Gasteiger partial charge on any atom is 0.198 e. The molecule has 0 unspecified atom stereocenters. The van der Waals surface area contributed by atoms with Crippen molar-refractivity contribution in [2.24, 2.45) is 0 Å². The Kier molecular flexibility index (Phi) is 1.62. The molecule has 1 aliphatic rings. The maximum atomic E-state index is 6.01. The molecule has 0 N–H and O–H groups in total. The van der Waals surface area contributed by atoms with Gasteiger partial charge in [0.15, 0.2) is 11.5 Å². The van der Waals surface area contributed by atoms with Gasteiger partial charge in [-0.25, -0.2) is 4.98 Å². The van der Waals surface area contributed by atoms with Gasteiger partial charge in [0.25, 0.3) is 0 Å². The first kappa shape index (κ1) is 8.30. The summed E-state index contributed by atoms with van der Waals surface area (Å²) >= 11 is 6.01. The minimum atomic E-state index is 0.557. The molecule has 14 heavy (non-hydrogen) atoms. The van der Waals surface area contributed by atoms with Gasteiger partial charge in [-0.3, -0.25) is 0 Å². The number of aromatic nitrogens is 1. The molecule has 0 spiro atoms. The highest BCUT2D eigenvalue weighted by Gasteiger charge is 2.28. The van der Waals surface area contributed by atoms with E-state index in [4.69, 9.17) is 16.0 Å². The van der Waals surface area contributed by atoms with Crippen molar-refractivity contribution in [2.45, 2.75) is 25.7 Å². The Morgan fingerprint density at radius 1 is 1.43 bits per heavy atom. The number of benzene rings is 1. The van der Waals surface area contributed by atoms with E-state index in [1.54, 1.807) is 0 Å². The molecule has 1 fully saturated rings. The van der Waals surface area contributed by atoms with E-state index >= 15 is 0 Å². The van der Waals surface area contributed by atoms with Gasteiger partial charge in [0, 0.05) is 10.9 Å². The molecular weight excluding hydrogens is 198 g/mol. The van der Waals surface area contributed by atoms with E-state index in [-0.39, 0.29) is 0 Å². The third-order valence-electron chi connectivity index (χ3n) is 2.61. The second kappa shape index (κ2) is 2.74. The smallest absolute Gasteiger partial charge is 0.198 e. The van der Waals surface area contributed by atoms with E-state index in [0.29, 0.717) is 5.92 Å². The Labute approximate surface area is 86.9 Å². The molecule has 2 aromatic rings. The summed E-state index contributed by atoms with van der Waals surface area (Å²) in [5.41, 5.74) is 2.77. The van der Waals surface area contributed by atoms with Crippen molar-refractivity contribution in [1.82, 2.24) is 4.98 Å². The van der Waals surface area contributed by atoms with Gasteiger partial charge in [0.2, 0.25) is 0 Å². The van der Waals surface area contributed by atoms with Crippen molar-refractivity contribution in [2.75, 3.05) is 0 Å². The van der Waals surface area contributed by atoms with Crippen LogP contribution < -0.4 is 0 Å². The molecule has 1 aliphatic carbocycles. The fourth-order valence-corrected chi connectivity index (χ4v) is 1.73. The molecule has 0 amide bonds. The molecule has 0 saturated heterocycles. The van der Waals surface area contributed by atoms with E-state index in [2.05, 4.69) is 4.98 Å². The van der Waals surface area contributed by atoms with Crippen LogP contribution in [-0.4, -0.2) is 4.98 Å². The zero-order valence-electron chi connectivity index (χ0n) is 7.88. The summed E-state index contributed by atoms with van der Waals surface area (Å²) in [5, 5.41) is 0.758. The number of rotatable bonds is 1. The minimum Gasteiger partial charge on any atom is -0.440 e. The van der Waals surface area contributed by atoms with Crippen LogP contribution in [0.15, 0.2) is 16.5 Å². The topological polar surface area (TPSA) is 26.0 Å². The summed E-state index contributed by atoms with van der Waals surface area (Å²) < 4.78 is 5.66. The van der Waals surface area contributed by atoms with Crippen LogP contribution in [0, 0.1) is 6.92 Å². The Hall–Kier alpha value is -1.02. The molecule has 1 saturated carbocycles. The van der Waals surface area contributed by atoms with Crippen LogP contribution in [0.2, 0.25) is 5.02 Å². The van der Waals surface area contributed by atoms with E-state index in [0.717, 1.165) is 27.6 Å². The van der Waals surface area contributed by atoms with Gasteiger partial charge in [0.05, 0.1) is 0 Å². The third kappa shape index (κ3) is 1.22. The second-order valence-corrected chi connectivity index (χ2v) is 4.30.